The summed E-state index contributed by atoms with van der Waals surface area (Å²) >= 11 is 0. The maximum Gasteiger partial charge on any atom is 0.271 e. The molecule has 1 N–H and O–H groups in total. The third kappa shape index (κ3) is 3.72. The molecular formula is C26H20N2O3. The van der Waals surface area contributed by atoms with Crippen LogP contribution in [0, 0.1) is 18.3 Å². The molecule has 1 aromatic heterocycles. The van der Waals surface area contributed by atoms with E-state index in [1.807, 2.05) is 78.9 Å². The number of aromatic hydroxyl groups is 1. The molecule has 0 saturated carbocycles. The van der Waals surface area contributed by atoms with E-state index in [0.29, 0.717) is 0 Å². The maximum atomic E-state index is 13.3. The van der Waals surface area contributed by atoms with E-state index in [1.54, 1.807) is 0 Å². The Morgan fingerprint density at radius 3 is 2.42 bits per heavy atom. The highest BCUT2D eigenvalue weighted by Gasteiger charge is 2.24. The quantitative estimate of drug-likeness (QED) is 0.497. The lowest BCUT2D eigenvalue weighted by molar-refractivity contribution is 0.0988. The van der Waals surface area contributed by atoms with Crippen LogP contribution in [0.15, 0.2) is 77.6 Å². The minimum atomic E-state index is -0.608. The van der Waals surface area contributed by atoms with Crippen LogP contribution in [0.5, 0.6) is 5.88 Å². The van der Waals surface area contributed by atoms with Crippen LogP contribution in [0.1, 0.15) is 32.6 Å². The topological polar surface area (TPSA) is 83.1 Å². The van der Waals surface area contributed by atoms with Crippen LogP contribution in [0.2, 0.25) is 0 Å². The molecule has 0 aliphatic heterocycles. The lowest BCUT2D eigenvalue weighted by Crippen LogP contribution is -2.27. The molecule has 0 amide bonds. The number of hydrogen-bond donors (Lipinski definition) is 1. The van der Waals surface area contributed by atoms with E-state index in [9.17, 15) is 20.0 Å². The van der Waals surface area contributed by atoms with Gasteiger partial charge >= 0.3 is 0 Å². The van der Waals surface area contributed by atoms with E-state index in [1.165, 1.54) is 6.92 Å². The molecule has 4 aromatic rings. The molecule has 0 fully saturated rings. The highest BCUT2D eigenvalue weighted by molar-refractivity contribution is 6.03. The number of hydrogen-bond acceptors (Lipinski definition) is 4. The van der Waals surface area contributed by atoms with Crippen LogP contribution in [-0.4, -0.2) is 15.5 Å². The Morgan fingerprint density at radius 2 is 1.68 bits per heavy atom. The largest absolute Gasteiger partial charge is 0.494 e. The Hall–Kier alpha value is -4.17. The van der Waals surface area contributed by atoms with Gasteiger partial charge in [-0.15, -0.1) is 0 Å². The van der Waals surface area contributed by atoms with Gasteiger partial charge in [-0.3, -0.25) is 14.2 Å². The Labute approximate surface area is 179 Å². The van der Waals surface area contributed by atoms with E-state index in [-0.39, 0.29) is 35.4 Å². The molecule has 0 bridgehead atoms. The van der Waals surface area contributed by atoms with Crippen molar-refractivity contribution in [1.29, 1.82) is 5.26 Å². The van der Waals surface area contributed by atoms with Crippen LogP contribution in [0.25, 0.3) is 10.8 Å². The molecule has 5 nitrogen and oxygen atoms in total. The van der Waals surface area contributed by atoms with Crippen molar-refractivity contribution in [3.8, 4) is 11.9 Å². The van der Waals surface area contributed by atoms with E-state index < -0.39 is 11.4 Å². The van der Waals surface area contributed by atoms with Gasteiger partial charge in [-0.05, 0) is 34.4 Å². The molecule has 3 aromatic carbocycles. The monoisotopic (exact) mass is 408 g/mol. The molecule has 5 heteroatoms. The summed E-state index contributed by atoms with van der Waals surface area (Å²) in [6, 6.07) is 24.5. The van der Waals surface area contributed by atoms with Gasteiger partial charge in [-0.2, -0.15) is 5.26 Å². The maximum absolute atomic E-state index is 13.3. The first-order valence-corrected chi connectivity index (χ1v) is 9.91. The number of nitrogens with zero attached hydrogens (tertiary/aromatic N) is 2. The van der Waals surface area contributed by atoms with Gasteiger partial charge in [0, 0.05) is 6.42 Å². The van der Waals surface area contributed by atoms with Crippen molar-refractivity contribution in [2.45, 2.75) is 19.9 Å². The molecule has 0 spiro atoms. The average Bonchev–Trinajstić information content (AvgIpc) is 2.78. The van der Waals surface area contributed by atoms with Crippen LogP contribution in [0.3, 0.4) is 0 Å². The number of nitriles is 1. The first-order valence-electron chi connectivity index (χ1n) is 9.91. The van der Waals surface area contributed by atoms with Crippen molar-refractivity contribution in [2.24, 2.45) is 0 Å². The number of ketones is 1. The predicted molar refractivity (Wildman–Crippen MR) is 119 cm³/mol. The summed E-state index contributed by atoms with van der Waals surface area (Å²) in [5.41, 5.74) is 1.08. The van der Waals surface area contributed by atoms with E-state index in [2.05, 4.69) is 0 Å². The molecule has 1 heterocycles. The van der Waals surface area contributed by atoms with E-state index in [0.717, 1.165) is 26.5 Å². The van der Waals surface area contributed by atoms with Gasteiger partial charge in [0.1, 0.15) is 11.6 Å². The second-order valence-electron chi connectivity index (χ2n) is 7.43. The summed E-state index contributed by atoms with van der Waals surface area (Å²) in [5, 5.41) is 22.5. The minimum Gasteiger partial charge on any atom is -0.494 e. The summed E-state index contributed by atoms with van der Waals surface area (Å²) in [6.07, 6.45) is 0.0458. The number of Topliss-reactive ketones (excluding diaryl/α,β-unsaturated/α-hetero) is 1. The zero-order valence-corrected chi connectivity index (χ0v) is 17.0. The number of benzene rings is 3. The van der Waals surface area contributed by atoms with Gasteiger partial charge in [-0.25, -0.2) is 0 Å². The fraction of sp³-hybridized carbons (Fsp3) is 0.115. The second kappa shape index (κ2) is 8.29. The summed E-state index contributed by atoms with van der Waals surface area (Å²) in [5.74, 6) is -0.750. The third-order valence-electron chi connectivity index (χ3n) is 5.49. The van der Waals surface area contributed by atoms with Gasteiger partial charge in [0.25, 0.3) is 5.56 Å². The Bertz CT molecular complexity index is 1390. The fourth-order valence-electron chi connectivity index (χ4n) is 3.91. The van der Waals surface area contributed by atoms with Crippen LogP contribution in [0.4, 0.5) is 0 Å². The number of aromatic nitrogens is 1. The van der Waals surface area contributed by atoms with Crippen molar-refractivity contribution < 1.29 is 9.90 Å². The molecule has 0 unspecified atom stereocenters. The fourth-order valence-corrected chi connectivity index (χ4v) is 3.91. The molecule has 31 heavy (non-hydrogen) atoms. The van der Waals surface area contributed by atoms with Crippen LogP contribution >= 0.6 is 0 Å². The zero-order chi connectivity index (χ0) is 22.0. The molecular weight excluding hydrogens is 388 g/mol. The molecule has 0 aliphatic rings. The normalized spacial score (nSPS) is 10.7. The Balaban J connectivity index is 1.82. The lowest BCUT2D eigenvalue weighted by Gasteiger charge is -2.16. The zero-order valence-electron chi connectivity index (χ0n) is 17.0. The number of rotatable bonds is 5. The number of fused-ring (bicyclic) bond motifs is 1. The van der Waals surface area contributed by atoms with Gasteiger partial charge in [0.15, 0.2) is 5.78 Å². The number of carbonyl (C=O) groups excluding carboxylic acids is 1. The SMILES string of the molecule is Cc1c(C(=O)Cc2cccc3ccccc23)c(O)n(Cc2ccccc2)c(=O)c1C#N. The average molecular weight is 408 g/mol. The Kier molecular flexibility index (Phi) is 5.38. The minimum absolute atomic E-state index is 0.0139. The first kappa shape index (κ1) is 20.1. The summed E-state index contributed by atoms with van der Waals surface area (Å²) in [7, 11) is 0. The molecule has 4 rings (SSSR count). The standard InChI is InChI=1S/C26H20N2O3/c1-17-22(15-27)25(30)28(16-18-8-3-2-4-9-18)26(31)24(17)23(29)14-20-12-7-11-19-10-5-6-13-21(19)20/h2-13,31H,14,16H2,1H3. The van der Waals surface area contributed by atoms with Crippen molar-refractivity contribution >= 4 is 16.6 Å². The molecule has 152 valence electrons. The van der Waals surface area contributed by atoms with Gasteiger partial charge in [0.2, 0.25) is 5.88 Å². The van der Waals surface area contributed by atoms with Gasteiger partial charge in [-0.1, -0.05) is 72.8 Å². The number of carbonyl (C=O) groups is 1. The van der Waals surface area contributed by atoms with Crippen molar-refractivity contribution in [2.75, 3.05) is 0 Å². The highest BCUT2D eigenvalue weighted by atomic mass is 16.3. The van der Waals surface area contributed by atoms with Crippen molar-refractivity contribution in [3.05, 3.63) is 111 Å². The molecule has 0 atom stereocenters. The second-order valence-corrected chi connectivity index (χ2v) is 7.43. The summed E-state index contributed by atoms with van der Waals surface area (Å²) in [4.78, 5) is 26.1. The van der Waals surface area contributed by atoms with Crippen molar-refractivity contribution in [3.63, 3.8) is 0 Å². The van der Waals surface area contributed by atoms with Gasteiger partial charge in [0.05, 0.1) is 12.1 Å². The third-order valence-corrected chi connectivity index (χ3v) is 5.49. The summed E-state index contributed by atoms with van der Waals surface area (Å²) < 4.78 is 1.09. The molecule has 0 saturated heterocycles. The van der Waals surface area contributed by atoms with E-state index >= 15 is 0 Å². The van der Waals surface area contributed by atoms with Crippen molar-refractivity contribution in [1.82, 2.24) is 4.57 Å². The Morgan fingerprint density at radius 1 is 1.00 bits per heavy atom. The van der Waals surface area contributed by atoms with E-state index in [4.69, 9.17) is 0 Å². The smallest absolute Gasteiger partial charge is 0.271 e. The molecule has 0 aliphatic carbocycles. The first-order chi connectivity index (χ1) is 15.0. The van der Waals surface area contributed by atoms with Crippen LogP contribution < -0.4 is 5.56 Å². The molecule has 0 radical (unpaired) electrons. The van der Waals surface area contributed by atoms with Crippen LogP contribution in [-0.2, 0) is 13.0 Å². The lowest BCUT2D eigenvalue weighted by atomic mass is 9.94. The highest BCUT2D eigenvalue weighted by Crippen LogP contribution is 2.26. The van der Waals surface area contributed by atoms with Gasteiger partial charge < -0.3 is 5.11 Å². The summed E-state index contributed by atoms with van der Waals surface area (Å²) in [6.45, 7) is 1.60. The predicted octanol–water partition coefficient (Wildman–Crippen LogP) is 4.36. The number of pyridine rings is 1.